The van der Waals surface area contributed by atoms with Crippen LogP contribution in [0.4, 0.5) is 0 Å². The van der Waals surface area contributed by atoms with Crippen molar-refractivity contribution >= 4 is 5.91 Å². The van der Waals surface area contributed by atoms with E-state index >= 15 is 0 Å². The normalized spacial score (nSPS) is 11.1. The zero-order valence-electron chi connectivity index (χ0n) is 17.3. The minimum atomic E-state index is -0.151. The molecule has 1 amide bonds. The fourth-order valence-electron chi connectivity index (χ4n) is 3.55. The second-order valence-electron chi connectivity index (χ2n) is 7.93. The molecule has 150 valence electrons. The van der Waals surface area contributed by atoms with Gasteiger partial charge in [0, 0.05) is 6.42 Å². The van der Waals surface area contributed by atoms with Crippen molar-refractivity contribution in [3.05, 3.63) is 0 Å². The molecule has 0 rings (SSSR count). The van der Waals surface area contributed by atoms with Gasteiger partial charge in [-0.1, -0.05) is 129 Å². The maximum absolute atomic E-state index is 10.6. The first kappa shape index (κ1) is 24.5. The van der Waals surface area contributed by atoms with Crippen LogP contribution in [0, 0.1) is 0 Å². The summed E-state index contributed by atoms with van der Waals surface area (Å²) in [4.78, 5) is 10.6. The largest absolute Gasteiger partial charge is 0.370 e. The molecule has 0 aliphatic carbocycles. The number of hydrogen-bond donors (Lipinski definition) is 1. The smallest absolute Gasteiger partial charge is 0.217 e. The Morgan fingerprint density at radius 3 is 0.960 bits per heavy atom. The first-order chi connectivity index (χ1) is 12.3. The molecule has 0 atom stereocenters. The van der Waals surface area contributed by atoms with Gasteiger partial charge in [-0.15, -0.1) is 0 Å². The SMILES string of the molecule is CCCCCCCCCCCCCCCCCCCCCCC(N)=O. The summed E-state index contributed by atoms with van der Waals surface area (Å²) < 4.78 is 0. The summed E-state index contributed by atoms with van der Waals surface area (Å²) >= 11 is 0. The Balaban J connectivity index is 2.97. The summed E-state index contributed by atoms with van der Waals surface area (Å²) in [6.45, 7) is 2.29. The Morgan fingerprint density at radius 1 is 0.480 bits per heavy atom. The van der Waals surface area contributed by atoms with Crippen LogP contribution >= 0.6 is 0 Å². The van der Waals surface area contributed by atoms with Crippen molar-refractivity contribution in [1.82, 2.24) is 0 Å². The van der Waals surface area contributed by atoms with Gasteiger partial charge in [0.25, 0.3) is 0 Å². The lowest BCUT2D eigenvalue weighted by Crippen LogP contribution is -2.09. The number of carbonyl (C=O) groups excluding carboxylic acids is 1. The molecule has 2 heteroatoms. The van der Waals surface area contributed by atoms with E-state index in [0.717, 1.165) is 6.42 Å². The second-order valence-corrected chi connectivity index (χ2v) is 7.93. The Morgan fingerprint density at radius 2 is 0.720 bits per heavy atom. The predicted octanol–water partition coefficient (Wildman–Crippen LogP) is 7.68. The van der Waals surface area contributed by atoms with Crippen molar-refractivity contribution in [3.63, 3.8) is 0 Å². The van der Waals surface area contributed by atoms with E-state index < -0.39 is 0 Å². The first-order valence-electron chi connectivity index (χ1n) is 11.6. The fourth-order valence-corrected chi connectivity index (χ4v) is 3.55. The van der Waals surface area contributed by atoms with Gasteiger partial charge in [0.15, 0.2) is 0 Å². The number of rotatable bonds is 21. The Hall–Kier alpha value is -0.530. The van der Waals surface area contributed by atoms with E-state index in [-0.39, 0.29) is 5.91 Å². The molecule has 2 nitrogen and oxygen atoms in total. The zero-order chi connectivity index (χ0) is 18.4. The van der Waals surface area contributed by atoms with E-state index in [1.807, 2.05) is 0 Å². The van der Waals surface area contributed by atoms with Crippen LogP contribution in [0.1, 0.15) is 142 Å². The third-order valence-electron chi connectivity index (χ3n) is 5.28. The molecule has 0 unspecified atom stereocenters. The molecule has 0 aromatic rings. The van der Waals surface area contributed by atoms with Gasteiger partial charge in [0.05, 0.1) is 0 Å². The first-order valence-corrected chi connectivity index (χ1v) is 11.6. The summed E-state index contributed by atoms with van der Waals surface area (Å²) in [6.07, 6.45) is 28.3. The van der Waals surface area contributed by atoms with Crippen molar-refractivity contribution < 1.29 is 4.79 Å². The Bertz CT molecular complexity index is 265. The van der Waals surface area contributed by atoms with E-state index in [0.29, 0.717) is 6.42 Å². The van der Waals surface area contributed by atoms with Gasteiger partial charge in [0.1, 0.15) is 0 Å². The van der Waals surface area contributed by atoms with E-state index in [1.54, 1.807) is 0 Å². The van der Waals surface area contributed by atoms with E-state index in [9.17, 15) is 4.79 Å². The summed E-state index contributed by atoms with van der Waals surface area (Å²) in [5.41, 5.74) is 5.13. The van der Waals surface area contributed by atoms with Gasteiger partial charge in [-0.05, 0) is 6.42 Å². The van der Waals surface area contributed by atoms with Gasteiger partial charge in [-0.2, -0.15) is 0 Å². The molecule has 2 N–H and O–H groups in total. The number of hydrogen-bond acceptors (Lipinski definition) is 1. The van der Waals surface area contributed by atoms with Crippen LogP contribution in [0.25, 0.3) is 0 Å². The van der Waals surface area contributed by atoms with Gasteiger partial charge in [-0.3, -0.25) is 4.79 Å². The molecule has 0 aliphatic heterocycles. The van der Waals surface area contributed by atoms with Crippen LogP contribution < -0.4 is 5.73 Å². The molecule has 0 heterocycles. The summed E-state index contributed by atoms with van der Waals surface area (Å²) in [5, 5.41) is 0. The van der Waals surface area contributed by atoms with Crippen LogP contribution in [0.5, 0.6) is 0 Å². The Labute approximate surface area is 158 Å². The van der Waals surface area contributed by atoms with Gasteiger partial charge in [0.2, 0.25) is 5.91 Å². The van der Waals surface area contributed by atoms with Crippen molar-refractivity contribution in [1.29, 1.82) is 0 Å². The Kier molecular flexibility index (Phi) is 21.1. The summed E-state index contributed by atoms with van der Waals surface area (Å²) in [6, 6.07) is 0. The number of primary amides is 1. The highest BCUT2D eigenvalue weighted by molar-refractivity contribution is 5.73. The predicted molar refractivity (Wildman–Crippen MR) is 112 cm³/mol. The average molecular weight is 354 g/mol. The summed E-state index contributed by atoms with van der Waals surface area (Å²) in [7, 11) is 0. The van der Waals surface area contributed by atoms with Crippen LogP contribution in [0.15, 0.2) is 0 Å². The minimum Gasteiger partial charge on any atom is -0.370 e. The van der Waals surface area contributed by atoms with E-state index in [4.69, 9.17) is 5.73 Å². The van der Waals surface area contributed by atoms with Crippen molar-refractivity contribution in [2.24, 2.45) is 5.73 Å². The third-order valence-corrected chi connectivity index (χ3v) is 5.28. The number of nitrogens with two attached hydrogens (primary N) is 1. The second kappa shape index (κ2) is 21.5. The van der Waals surface area contributed by atoms with Crippen molar-refractivity contribution in [2.75, 3.05) is 0 Å². The fraction of sp³-hybridized carbons (Fsp3) is 0.957. The van der Waals surface area contributed by atoms with Crippen LogP contribution in [0.3, 0.4) is 0 Å². The standard InChI is InChI=1S/C23H47NO/c1-2-3-4-5-6-7-8-9-10-11-12-13-14-15-16-17-18-19-20-21-22-23(24)25/h2-22H2,1H3,(H2,24,25). The third kappa shape index (κ3) is 23.5. The molecule has 0 fully saturated rings. The van der Waals surface area contributed by atoms with Gasteiger partial charge >= 0.3 is 0 Å². The van der Waals surface area contributed by atoms with E-state index in [2.05, 4.69) is 6.92 Å². The molecule has 0 radical (unpaired) electrons. The number of carbonyl (C=O) groups is 1. The molecule has 0 bridgehead atoms. The highest BCUT2D eigenvalue weighted by Crippen LogP contribution is 2.14. The monoisotopic (exact) mass is 353 g/mol. The molecule has 0 saturated heterocycles. The van der Waals surface area contributed by atoms with Gasteiger partial charge < -0.3 is 5.73 Å². The topological polar surface area (TPSA) is 43.1 Å². The molecular formula is C23H47NO. The van der Waals surface area contributed by atoms with Crippen LogP contribution in [-0.2, 0) is 4.79 Å². The number of unbranched alkanes of at least 4 members (excludes halogenated alkanes) is 19. The molecule has 0 aromatic heterocycles. The number of amides is 1. The zero-order valence-corrected chi connectivity index (χ0v) is 17.3. The van der Waals surface area contributed by atoms with Gasteiger partial charge in [-0.25, -0.2) is 0 Å². The molecule has 0 spiro atoms. The average Bonchev–Trinajstić information content (AvgIpc) is 2.60. The molecule has 0 aromatic carbocycles. The highest BCUT2D eigenvalue weighted by atomic mass is 16.1. The highest BCUT2D eigenvalue weighted by Gasteiger charge is 1.96. The van der Waals surface area contributed by atoms with E-state index in [1.165, 1.54) is 122 Å². The lowest BCUT2D eigenvalue weighted by Gasteiger charge is -2.04. The van der Waals surface area contributed by atoms with Crippen molar-refractivity contribution in [2.45, 2.75) is 142 Å². The maximum Gasteiger partial charge on any atom is 0.217 e. The lowest BCUT2D eigenvalue weighted by atomic mass is 10.0. The lowest BCUT2D eigenvalue weighted by molar-refractivity contribution is -0.118. The van der Waals surface area contributed by atoms with Crippen LogP contribution in [0.2, 0.25) is 0 Å². The quantitative estimate of drug-likeness (QED) is 0.211. The maximum atomic E-state index is 10.6. The molecule has 0 saturated carbocycles. The van der Waals surface area contributed by atoms with Crippen molar-refractivity contribution in [3.8, 4) is 0 Å². The summed E-state index contributed by atoms with van der Waals surface area (Å²) in [5.74, 6) is -0.151. The minimum absolute atomic E-state index is 0.151. The molecule has 25 heavy (non-hydrogen) atoms. The van der Waals surface area contributed by atoms with Crippen LogP contribution in [-0.4, -0.2) is 5.91 Å². The molecule has 0 aliphatic rings. The molecular weight excluding hydrogens is 306 g/mol.